The van der Waals surface area contributed by atoms with Gasteiger partial charge in [-0.3, -0.25) is 4.79 Å². The van der Waals surface area contributed by atoms with Crippen LogP contribution >= 0.6 is 0 Å². The van der Waals surface area contributed by atoms with E-state index in [0.29, 0.717) is 11.5 Å². The van der Waals surface area contributed by atoms with Crippen LogP contribution in [0.15, 0.2) is 65.8 Å². The molecular weight excluding hydrogens is 292 g/mol. The number of fused-ring (bicyclic) bond motifs is 1. The third kappa shape index (κ3) is 3.97. The van der Waals surface area contributed by atoms with E-state index in [1.807, 2.05) is 48.5 Å². The minimum Gasteiger partial charge on any atom is -0.485 e. The van der Waals surface area contributed by atoms with Gasteiger partial charge in [-0.05, 0) is 23.8 Å². The van der Waals surface area contributed by atoms with E-state index in [2.05, 4.69) is 10.5 Å². The van der Waals surface area contributed by atoms with E-state index < -0.39 is 6.10 Å². The highest BCUT2D eigenvalue weighted by Gasteiger charge is 2.26. The second-order valence-corrected chi connectivity index (χ2v) is 4.89. The first-order valence-corrected chi connectivity index (χ1v) is 7.26. The molecule has 1 aliphatic heterocycles. The van der Waals surface area contributed by atoms with Crippen molar-refractivity contribution in [2.45, 2.75) is 6.10 Å². The summed E-state index contributed by atoms with van der Waals surface area (Å²) in [6, 6.07) is 17.1. The summed E-state index contributed by atoms with van der Waals surface area (Å²) in [5.74, 6) is 0.863. The van der Waals surface area contributed by atoms with Crippen molar-refractivity contribution in [1.82, 2.24) is 5.43 Å². The Bertz CT molecular complexity index is 726. The number of nitrogens with one attached hydrogen (secondary N) is 1. The minimum atomic E-state index is -0.708. The molecule has 1 heterocycles. The van der Waals surface area contributed by atoms with E-state index in [9.17, 15) is 4.79 Å². The molecule has 1 atom stereocenters. The average molecular weight is 308 g/mol. The fourth-order valence-electron chi connectivity index (χ4n) is 2.08. The normalized spacial score (nSPS) is 16.6. The molecule has 0 bridgehead atoms. The van der Waals surface area contributed by atoms with Gasteiger partial charge in [0, 0.05) is 6.21 Å². The predicted molar refractivity (Wildman–Crippen MR) is 88.5 cm³/mol. The highest BCUT2D eigenvalue weighted by Crippen LogP contribution is 2.30. The lowest BCUT2D eigenvalue weighted by molar-refractivity contribution is -0.130. The molecule has 0 saturated carbocycles. The Morgan fingerprint density at radius 2 is 1.83 bits per heavy atom. The van der Waals surface area contributed by atoms with Crippen LogP contribution in [0.3, 0.4) is 0 Å². The number of allylic oxidation sites excluding steroid dienone is 1. The van der Waals surface area contributed by atoms with Crippen LogP contribution in [0.1, 0.15) is 5.56 Å². The molecule has 0 aliphatic carbocycles. The zero-order chi connectivity index (χ0) is 15.9. The molecule has 3 rings (SSSR count). The molecule has 0 aromatic heterocycles. The topological polar surface area (TPSA) is 59.9 Å². The van der Waals surface area contributed by atoms with Gasteiger partial charge >= 0.3 is 0 Å². The van der Waals surface area contributed by atoms with E-state index in [1.165, 1.54) is 6.21 Å². The Kier molecular flexibility index (Phi) is 4.69. The number of hydrazone groups is 1. The quantitative estimate of drug-likeness (QED) is 0.698. The maximum atomic E-state index is 12.0. The Labute approximate surface area is 134 Å². The number of carbonyl (C=O) groups excluding carboxylic acids is 1. The van der Waals surface area contributed by atoms with Crippen molar-refractivity contribution in [2.75, 3.05) is 6.61 Å². The van der Waals surface area contributed by atoms with Gasteiger partial charge < -0.3 is 9.47 Å². The van der Waals surface area contributed by atoms with Gasteiger partial charge in [-0.15, -0.1) is 0 Å². The first kappa shape index (κ1) is 14.8. The predicted octanol–water partition coefficient (Wildman–Crippen LogP) is 2.64. The number of benzene rings is 2. The standard InChI is InChI=1S/C18H16N2O3/c21-18(17-13-22-15-10-4-5-11-16(15)23-17)20-19-12-6-9-14-7-2-1-3-8-14/h1-12,17H,13H2,(H,20,21)/b9-6+,19-12-/t17-/m0/s1. The van der Waals surface area contributed by atoms with Crippen LogP contribution in [-0.2, 0) is 4.79 Å². The Balaban J connectivity index is 1.50. The van der Waals surface area contributed by atoms with Crippen molar-refractivity contribution < 1.29 is 14.3 Å². The fraction of sp³-hybridized carbons (Fsp3) is 0.111. The molecule has 2 aromatic carbocycles. The van der Waals surface area contributed by atoms with Gasteiger partial charge in [0.1, 0.15) is 6.61 Å². The maximum absolute atomic E-state index is 12.0. The highest BCUT2D eigenvalue weighted by atomic mass is 16.6. The lowest BCUT2D eigenvalue weighted by atomic mass is 10.2. The average Bonchev–Trinajstić information content (AvgIpc) is 2.61. The second-order valence-electron chi connectivity index (χ2n) is 4.89. The van der Waals surface area contributed by atoms with Gasteiger partial charge in [-0.2, -0.15) is 5.10 Å². The number of carbonyl (C=O) groups is 1. The highest BCUT2D eigenvalue weighted by molar-refractivity contribution is 5.84. The summed E-state index contributed by atoms with van der Waals surface area (Å²) in [4.78, 5) is 12.0. The molecule has 1 N–H and O–H groups in total. The molecule has 116 valence electrons. The van der Waals surface area contributed by atoms with Gasteiger partial charge in [-0.25, -0.2) is 5.43 Å². The van der Waals surface area contributed by atoms with Gasteiger partial charge in [0.25, 0.3) is 5.91 Å². The SMILES string of the molecule is O=C(N/N=C\C=C\c1ccccc1)[C@@H]1COc2ccccc2O1. The fourth-order valence-corrected chi connectivity index (χ4v) is 2.08. The first-order valence-electron chi connectivity index (χ1n) is 7.26. The zero-order valence-electron chi connectivity index (χ0n) is 12.4. The van der Waals surface area contributed by atoms with E-state index in [-0.39, 0.29) is 12.5 Å². The zero-order valence-corrected chi connectivity index (χ0v) is 12.4. The van der Waals surface area contributed by atoms with Gasteiger partial charge in [0.2, 0.25) is 6.10 Å². The molecule has 5 nitrogen and oxygen atoms in total. The third-order valence-electron chi connectivity index (χ3n) is 3.22. The molecular formula is C18H16N2O3. The van der Waals surface area contributed by atoms with E-state index in [0.717, 1.165) is 5.56 Å². The number of nitrogens with zero attached hydrogens (tertiary/aromatic N) is 1. The minimum absolute atomic E-state index is 0.165. The summed E-state index contributed by atoms with van der Waals surface area (Å²) in [6.07, 6.45) is 4.46. The molecule has 5 heteroatoms. The van der Waals surface area contributed by atoms with Gasteiger partial charge in [-0.1, -0.05) is 48.5 Å². The largest absolute Gasteiger partial charge is 0.485 e. The van der Waals surface area contributed by atoms with Crippen LogP contribution in [0, 0.1) is 0 Å². The molecule has 1 aliphatic rings. The summed E-state index contributed by atoms with van der Waals surface area (Å²) in [6.45, 7) is 0.165. The number of hydrogen-bond acceptors (Lipinski definition) is 4. The van der Waals surface area contributed by atoms with Crippen molar-refractivity contribution in [3.8, 4) is 11.5 Å². The number of amides is 1. The Hall–Kier alpha value is -3.08. The number of ether oxygens (including phenoxy) is 2. The van der Waals surface area contributed by atoms with Crippen LogP contribution in [0.25, 0.3) is 6.08 Å². The molecule has 0 radical (unpaired) electrons. The number of hydrogen-bond donors (Lipinski definition) is 1. The monoisotopic (exact) mass is 308 g/mol. The number of para-hydroxylation sites is 2. The summed E-state index contributed by atoms with van der Waals surface area (Å²) in [7, 11) is 0. The van der Waals surface area contributed by atoms with Crippen molar-refractivity contribution >= 4 is 18.2 Å². The van der Waals surface area contributed by atoms with Crippen LogP contribution in [0.5, 0.6) is 11.5 Å². The number of rotatable bonds is 4. The van der Waals surface area contributed by atoms with Gasteiger partial charge in [0.15, 0.2) is 11.5 Å². The molecule has 1 amide bonds. The molecule has 23 heavy (non-hydrogen) atoms. The lowest BCUT2D eigenvalue weighted by Crippen LogP contribution is -2.42. The van der Waals surface area contributed by atoms with Crippen LogP contribution in [0.2, 0.25) is 0 Å². The smallest absolute Gasteiger partial charge is 0.284 e. The Morgan fingerprint density at radius 3 is 2.65 bits per heavy atom. The third-order valence-corrected chi connectivity index (χ3v) is 3.22. The van der Waals surface area contributed by atoms with Crippen molar-refractivity contribution in [1.29, 1.82) is 0 Å². The van der Waals surface area contributed by atoms with E-state index >= 15 is 0 Å². The van der Waals surface area contributed by atoms with E-state index in [4.69, 9.17) is 9.47 Å². The van der Waals surface area contributed by atoms with E-state index in [1.54, 1.807) is 18.2 Å². The van der Waals surface area contributed by atoms with Crippen LogP contribution in [-0.4, -0.2) is 24.8 Å². The molecule has 0 fully saturated rings. The lowest BCUT2D eigenvalue weighted by Gasteiger charge is -2.24. The summed E-state index contributed by atoms with van der Waals surface area (Å²) >= 11 is 0. The molecule has 0 saturated heterocycles. The van der Waals surface area contributed by atoms with Crippen LogP contribution in [0.4, 0.5) is 0 Å². The molecule has 0 spiro atoms. The second kappa shape index (κ2) is 7.26. The summed E-state index contributed by atoms with van der Waals surface area (Å²) in [5, 5.41) is 3.87. The van der Waals surface area contributed by atoms with Crippen molar-refractivity contribution in [3.05, 3.63) is 66.2 Å². The Morgan fingerprint density at radius 1 is 1.09 bits per heavy atom. The molecule has 0 unspecified atom stereocenters. The summed E-state index contributed by atoms with van der Waals surface area (Å²) in [5.41, 5.74) is 3.50. The maximum Gasteiger partial charge on any atom is 0.284 e. The molecule has 2 aromatic rings. The summed E-state index contributed by atoms with van der Waals surface area (Å²) < 4.78 is 11.1. The first-order chi connectivity index (χ1) is 11.3. The van der Waals surface area contributed by atoms with Gasteiger partial charge in [0.05, 0.1) is 0 Å². The van der Waals surface area contributed by atoms with Crippen molar-refractivity contribution in [2.24, 2.45) is 5.10 Å². The van der Waals surface area contributed by atoms with Crippen molar-refractivity contribution in [3.63, 3.8) is 0 Å². The van der Waals surface area contributed by atoms with Crippen LogP contribution < -0.4 is 14.9 Å².